The maximum absolute atomic E-state index is 12.7. The molecule has 0 amide bonds. The molecule has 0 spiro atoms. The maximum Gasteiger partial charge on any atom is 0.338 e. The van der Waals surface area contributed by atoms with E-state index >= 15 is 0 Å². The van der Waals surface area contributed by atoms with Crippen molar-refractivity contribution in [2.24, 2.45) is 0 Å². The van der Waals surface area contributed by atoms with Gasteiger partial charge in [-0.25, -0.2) is 14.4 Å². The van der Waals surface area contributed by atoms with Crippen LogP contribution in [0.1, 0.15) is 52.8 Å². The fourth-order valence-electron chi connectivity index (χ4n) is 11.9. The van der Waals surface area contributed by atoms with Crippen molar-refractivity contribution in [3.63, 3.8) is 0 Å². The molecule has 0 saturated carbocycles. The Balaban J connectivity index is 0.000000173. The third kappa shape index (κ3) is 12.1. The summed E-state index contributed by atoms with van der Waals surface area (Å²) < 4.78 is 21.5. The molecule has 0 radical (unpaired) electrons. The van der Waals surface area contributed by atoms with Crippen molar-refractivity contribution >= 4 is 130 Å². The minimum Gasteiger partial charge on any atom is -0.423 e. The second-order valence-corrected chi connectivity index (χ2v) is 24.3. The average Bonchev–Trinajstić information content (AvgIpc) is 1.60. The van der Waals surface area contributed by atoms with Crippen molar-refractivity contribution in [2.75, 3.05) is 0 Å². The van der Waals surface area contributed by atoms with Gasteiger partial charge in [0.1, 0.15) is 17.2 Å². The van der Waals surface area contributed by atoms with E-state index in [1.165, 1.54) is 123 Å². The zero-order chi connectivity index (χ0) is 61.0. The third-order valence-electron chi connectivity index (χ3n) is 16.3. The number of esters is 3. The van der Waals surface area contributed by atoms with Gasteiger partial charge in [-0.3, -0.25) is 4.79 Å². The van der Waals surface area contributed by atoms with Gasteiger partial charge >= 0.3 is 17.9 Å². The first-order chi connectivity index (χ1) is 42.8. The maximum atomic E-state index is 12.7. The quantitative estimate of drug-likeness (QED) is 0.0480. The molecule has 9 heteroatoms. The van der Waals surface area contributed by atoms with Crippen molar-refractivity contribution in [3.05, 3.63) is 283 Å². The van der Waals surface area contributed by atoms with Gasteiger partial charge in [-0.05, 0) is 195 Å². The van der Waals surface area contributed by atoms with Crippen LogP contribution in [0.4, 0.5) is 0 Å². The van der Waals surface area contributed by atoms with Crippen LogP contribution in [0.3, 0.4) is 0 Å². The number of thiophene rings is 2. The highest BCUT2D eigenvalue weighted by Crippen LogP contribution is 2.47. The predicted molar refractivity (Wildman–Crippen MR) is 366 cm³/mol. The van der Waals surface area contributed by atoms with Crippen molar-refractivity contribution in [3.8, 4) is 17.2 Å². The first kappa shape index (κ1) is 58.3. The number of fused-ring (bicyclic) bond motifs is 14. The SMILES string of the molecule is C=C(C)C(=O)Cc1cccc(OC(=O)C(=C)C)c1CCc1cc2ccccc2c2c1sc1ccc3ccccc3c12.C=CC(=O)Oc1ccc(CCc2cc3ccccc3c3c2sc2c(CCc4ccc(OC(=O)C=C)cc4)cc4ccccc4c23)cc1. The van der Waals surface area contributed by atoms with Crippen molar-refractivity contribution in [1.29, 1.82) is 0 Å². The number of benzene rings is 11. The second-order valence-electron chi connectivity index (χ2n) is 22.2. The van der Waals surface area contributed by atoms with E-state index in [1.807, 2.05) is 83.3 Å². The third-order valence-corrected chi connectivity index (χ3v) is 18.8. The normalized spacial score (nSPS) is 11.3. The number of aryl methyl sites for hydroxylation is 5. The lowest BCUT2D eigenvalue weighted by molar-refractivity contribution is -0.130. The van der Waals surface area contributed by atoms with Crippen molar-refractivity contribution < 1.29 is 33.4 Å². The smallest absolute Gasteiger partial charge is 0.338 e. The lowest BCUT2D eigenvalue weighted by Crippen LogP contribution is -2.13. The number of carbonyl (C=O) groups is 4. The number of rotatable bonds is 18. The number of hydrogen-bond acceptors (Lipinski definition) is 9. The molecule has 0 aliphatic heterocycles. The second kappa shape index (κ2) is 25.5. The lowest BCUT2D eigenvalue weighted by atomic mass is 9.92. The molecule has 0 unspecified atom stereocenters. The monoisotopic (exact) mass is 1190 g/mol. The lowest BCUT2D eigenvalue weighted by Gasteiger charge is -2.16. The average molecular weight is 1190 g/mol. The van der Waals surface area contributed by atoms with Gasteiger partial charge in [0.2, 0.25) is 0 Å². The van der Waals surface area contributed by atoms with Gasteiger partial charge < -0.3 is 14.2 Å². The number of hydrogen-bond donors (Lipinski definition) is 0. The first-order valence-corrected chi connectivity index (χ1v) is 31.0. The van der Waals surface area contributed by atoms with Crippen LogP contribution in [0.5, 0.6) is 17.2 Å². The van der Waals surface area contributed by atoms with E-state index in [0.29, 0.717) is 34.8 Å². The Morgan fingerprint density at radius 1 is 0.409 bits per heavy atom. The Morgan fingerprint density at radius 3 is 1.31 bits per heavy atom. The molecule has 13 aromatic rings. The van der Waals surface area contributed by atoms with Gasteiger partial charge in [-0.2, -0.15) is 0 Å². The molecule has 88 heavy (non-hydrogen) atoms. The summed E-state index contributed by atoms with van der Waals surface area (Å²) in [6.45, 7) is 17.9. The molecule has 0 N–H and O–H groups in total. The minimum absolute atomic E-state index is 0.0286. The summed E-state index contributed by atoms with van der Waals surface area (Å²) >= 11 is 3.73. The minimum atomic E-state index is -0.473. The molecule has 7 nitrogen and oxygen atoms in total. The number of ether oxygens (including phenoxy) is 3. The van der Waals surface area contributed by atoms with Crippen molar-refractivity contribution in [2.45, 2.75) is 58.8 Å². The number of ketones is 1. The molecule has 11 aromatic carbocycles. The van der Waals surface area contributed by atoms with E-state index in [4.69, 9.17) is 14.2 Å². The molecular weight excluding hydrogens is 1120 g/mol. The molecule has 2 heterocycles. The van der Waals surface area contributed by atoms with Gasteiger partial charge in [0, 0.05) is 64.5 Å². The molecule has 0 bridgehead atoms. The van der Waals surface area contributed by atoms with E-state index in [-0.39, 0.29) is 12.2 Å². The Morgan fingerprint density at radius 2 is 0.841 bits per heavy atom. The topological polar surface area (TPSA) is 96.0 Å². The zero-order valence-electron chi connectivity index (χ0n) is 49.1. The standard InChI is InChI=1S/C42H32O4S.C37H30O3S/c1-3-37(43)45-33-21-15-27(16-22-33)13-19-31-25-29-9-5-7-11-35(29)39-40-36-12-8-6-10-30(36)26-32(42(40)47-41(31)39)20-14-28-17-23-34(24-18-28)46-38(44)4-2;1-22(2)31(38)21-26-12-9-15-32(40-37(39)23(3)4)28(26)18-16-27-20-25-11-6-8-14-30(25)35-34-29-13-7-5-10-24(29)17-19-33(34)41-36(27)35/h3-12,15-18,21-26H,1-2,13-14,19-20H2;5-15,17,19-20H,1,3,16,18,21H2,2,4H3. The molecule has 0 atom stereocenters. The fraction of sp³-hybridized carbons (Fsp3) is 0.114. The van der Waals surface area contributed by atoms with Crippen LogP contribution in [0, 0.1) is 0 Å². The Kier molecular flexibility index (Phi) is 16.9. The Bertz CT molecular complexity index is 4770. The molecule has 0 fully saturated rings. The molecule has 0 saturated heterocycles. The van der Waals surface area contributed by atoms with Crippen LogP contribution in [0.25, 0.3) is 83.4 Å². The highest BCUT2D eigenvalue weighted by atomic mass is 32.1. The highest BCUT2D eigenvalue weighted by molar-refractivity contribution is 7.27. The molecule has 2 aromatic heterocycles. The fourth-order valence-corrected chi connectivity index (χ4v) is 14.6. The summed E-state index contributed by atoms with van der Waals surface area (Å²) in [4.78, 5) is 48.4. The van der Waals surface area contributed by atoms with Crippen LogP contribution in [-0.2, 0) is 64.1 Å². The van der Waals surface area contributed by atoms with Crippen LogP contribution in [0.2, 0.25) is 0 Å². The van der Waals surface area contributed by atoms with Crippen LogP contribution in [-0.4, -0.2) is 23.7 Å². The zero-order valence-corrected chi connectivity index (χ0v) is 50.7. The largest absolute Gasteiger partial charge is 0.423 e. The van der Waals surface area contributed by atoms with Crippen LogP contribution in [0.15, 0.2) is 244 Å². The van der Waals surface area contributed by atoms with E-state index < -0.39 is 17.9 Å². The first-order valence-electron chi connectivity index (χ1n) is 29.4. The summed E-state index contributed by atoms with van der Waals surface area (Å²) in [6.07, 6.45) is 7.38. The number of Topliss-reactive ketones (excluding diaryl/α,β-unsaturated/α-hetero) is 1. The van der Waals surface area contributed by atoms with Crippen LogP contribution >= 0.6 is 22.7 Å². The van der Waals surface area contributed by atoms with Gasteiger partial charge in [0.05, 0.1) is 0 Å². The summed E-state index contributed by atoms with van der Waals surface area (Å²) in [5.41, 5.74) is 8.83. The summed E-state index contributed by atoms with van der Waals surface area (Å²) in [5, 5.41) is 15.2. The Labute approximate surface area is 518 Å². The van der Waals surface area contributed by atoms with Crippen LogP contribution < -0.4 is 14.2 Å². The molecule has 13 rings (SSSR count). The number of allylic oxidation sites excluding steroid dienone is 1. The highest BCUT2D eigenvalue weighted by Gasteiger charge is 2.22. The van der Waals surface area contributed by atoms with Crippen molar-refractivity contribution in [1.82, 2.24) is 0 Å². The summed E-state index contributed by atoms with van der Waals surface area (Å²) in [5.74, 6) is 0.0860. The van der Waals surface area contributed by atoms with E-state index in [2.05, 4.69) is 154 Å². The van der Waals surface area contributed by atoms with E-state index in [0.717, 1.165) is 43.2 Å². The summed E-state index contributed by atoms with van der Waals surface area (Å²) in [7, 11) is 0. The summed E-state index contributed by atoms with van der Waals surface area (Å²) in [6, 6.07) is 67.0. The Hall–Kier alpha value is -10.1. The van der Waals surface area contributed by atoms with E-state index in [9.17, 15) is 19.2 Å². The predicted octanol–water partition coefficient (Wildman–Crippen LogP) is 19.4. The molecule has 0 aliphatic carbocycles. The molecule has 0 aliphatic rings. The van der Waals surface area contributed by atoms with Gasteiger partial charge in [0.25, 0.3) is 0 Å². The molecule has 432 valence electrons. The number of carbonyl (C=O) groups excluding carboxylic acids is 4. The van der Waals surface area contributed by atoms with Gasteiger partial charge in [0.15, 0.2) is 5.78 Å². The van der Waals surface area contributed by atoms with Gasteiger partial charge in [-0.1, -0.05) is 166 Å². The van der Waals surface area contributed by atoms with Gasteiger partial charge in [-0.15, -0.1) is 22.7 Å². The van der Waals surface area contributed by atoms with E-state index in [1.54, 1.807) is 19.9 Å². The molecular formula is C79H62O7S2.